The highest BCUT2D eigenvalue weighted by molar-refractivity contribution is 5.68. The van der Waals surface area contributed by atoms with Gasteiger partial charge in [0.05, 0.1) is 12.1 Å². The molecule has 2 fully saturated rings. The fourth-order valence-corrected chi connectivity index (χ4v) is 2.49. The Bertz CT molecular complexity index is 285. The van der Waals surface area contributed by atoms with E-state index in [1.165, 1.54) is 0 Å². The Morgan fingerprint density at radius 2 is 2.19 bits per heavy atom. The van der Waals surface area contributed by atoms with E-state index in [4.69, 9.17) is 4.74 Å². The van der Waals surface area contributed by atoms with Crippen molar-refractivity contribution in [2.45, 2.75) is 51.0 Å². The maximum absolute atomic E-state index is 11.6. The lowest BCUT2D eigenvalue weighted by molar-refractivity contribution is 0.0368. The van der Waals surface area contributed by atoms with Crippen LogP contribution in [-0.2, 0) is 4.74 Å². The van der Waals surface area contributed by atoms with E-state index in [2.05, 4.69) is 10.6 Å². The molecule has 0 aromatic heterocycles. The molecule has 0 radical (unpaired) electrons. The van der Waals surface area contributed by atoms with Gasteiger partial charge in [0, 0.05) is 18.5 Å². The van der Waals surface area contributed by atoms with Crippen LogP contribution in [0.15, 0.2) is 0 Å². The molecular weight excluding hydrogens is 208 g/mol. The number of carbonyl (C=O) groups excluding carboxylic acids is 1. The first-order chi connectivity index (χ1) is 7.37. The number of rotatable bonds is 1. The van der Waals surface area contributed by atoms with Crippen molar-refractivity contribution in [2.75, 3.05) is 6.54 Å². The van der Waals surface area contributed by atoms with Crippen LogP contribution in [0, 0.1) is 5.92 Å². The summed E-state index contributed by atoms with van der Waals surface area (Å²) in [6.07, 6.45) is 0.0337. The Kier molecular flexibility index (Phi) is 2.84. The summed E-state index contributed by atoms with van der Waals surface area (Å²) in [6, 6.07) is -0.0267. The quantitative estimate of drug-likeness (QED) is 0.601. The molecule has 1 aliphatic heterocycles. The fourth-order valence-electron chi connectivity index (χ4n) is 2.49. The van der Waals surface area contributed by atoms with Gasteiger partial charge in [0.2, 0.25) is 0 Å². The second-order valence-corrected chi connectivity index (χ2v) is 5.67. The average molecular weight is 228 g/mol. The molecule has 0 unspecified atom stereocenters. The van der Waals surface area contributed by atoms with E-state index in [-0.39, 0.29) is 18.0 Å². The highest BCUT2D eigenvalue weighted by atomic mass is 16.6. The Morgan fingerprint density at radius 3 is 2.69 bits per heavy atom. The number of carbonyl (C=O) groups is 1. The number of hydrogen-bond donors (Lipinski definition) is 3. The number of hydrogen-bond acceptors (Lipinski definition) is 4. The Balaban J connectivity index is 1.88. The summed E-state index contributed by atoms with van der Waals surface area (Å²) in [7, 11) is 0. The highest BCUT2D eigenvalue weighted by Crippen LogP contribution is 2.31. The van der Waals surface area contributed by atoms with Crippen molar-refractivity contribution in [3.05, 3.63) is 0 Å². The molecule has 5 nitrogen and oxygen atoms in total. The minimum Gasteiger partial charge on any atom is -0.444 e. The van der Waals surface area contributed by atoms with Crippen molar-refractivity contribution >= 4 is 6.09 Å². The van der Waals surface area contributed by atoms with E-state index >= 15 is 0 Å². The summed E-state index contributed by atoms with van der Waals surface area (Å²) in [5, 5.41) is 15.9. The molecule has 1 amide bonds. The number of alkyl carbamates (subject to hydrolysis) is 1. The highest BCUT2D eigenvalue weighted by Gasteiger charge is 2.47. The van der Waals surface area contributed by atoms with Gasteiger partial charge in [-0.05, 0) is 27.2 Å². The van der Waals surface area contributed by atoms with Gasteiger partial charge < -0.3 is 20.5 Å². The molecule has 1 aliphatic carbocycles. The second-order valence-electron chi connectivity index (χ2n) is 5.67. The second kappa shape index (κ2) is 3.89. The number of amides is 1. The van der Waals surface area contributed by atoms with Crippen molar-refractivity contribution in [3.8, 4) is 0 Å². The zero-order valence-corrected chi connectivity index (χ0v) is 9.99. The van der Waals surface area contributed by atoms with Gasteiger partial charge in [-0.1, -0.05) is 0 Å². The summed E-state index contributed by atoms with van der Waals surface area (Å²) in [4.78, 5) is 11.6. The summed E-state index contributed by atoms with van der Waals surface area (Å²) in [5.41, 5.74) is -0.500. The van der Waals surface area contributed by atoms with Gasteiger partial charge in [0.1, 0.15) is 5.60 Å². The number of nitrogens with one attached hydrogen (secondary N) is 2. The standard InChI is InChI=1S/C11H20N2O3/c1-11(2,3)16-10(15)13-8-7-4-6(5-12-7)9(8)14/h6-9,12,14H,4-5H2,1-3H3,(H,13,15)/t6-,7+,8-,9+/m0/s1. The molecule has 1 heterocycles. The molecule has 0 spiro atoms. The van der Waals surface area contributed by atoms with Gasteiger partial charge in [0.25, 0.3) is 0 Å². The van der Waals surface area contributed by atoms with Gasteiger partial charge in [0.15, 0.2) is 0 Å². The van der Waals surface area contributed by atoms with Gasteiger partial charge in [-0.15, -0.1) is 0 Å². The third-order valence-electron chi connectivity index (χ3n) is 3.17. The van der Waals surface area contributed by atoms with E-state index in [0.29, 0.717) is 0 Å². The lowest BCUT2D eigenvalue weighted by Gasteiger charge is -2.29. The lowest BCUT2D eigenvalue weighted by Crippen LogP contribution is -2.55. The molecule has 5 heteroatoms. The van der Waals surface area contributed by atoms with Crippen LogP contribution in [0.4, 0.5) is 4.79 Å². The van der Waals surface area contributed by atoms with Crippen molar-refractivity contribution in [3.63, 3.8) is 0 Å². The minimum atomic E-state index is -0.500. The Hall–Kier alpha value is -0.810. The fraction of sp³-hybridized carbons (Fsp3) is 0.909. The van der Waals surface area contributed by atoms with Crippen LogP contribution in [0.5, 0.6) is 0 Å². The first kappa shape index (κ1) is 11.7. The molecule has 1 saturated heterocycles. The van der Waals surface area contributed by atoms with E-state index in [1.807, 2.05) is 20.8 Å². The van der Waals surface area contributed by atoms with Crippen LogP contribution in [0.1, 0.15) is 27.2 Å². The minimum absolute atomic E-state index is 0.188. The van der Waals surface area contributed by atoms with Gasteiger partial charge >= 0.3 is 6.09 Å². The summed E-state index contributed by atoms with van der Waals surface area (Å²) in [5.74, 6) is 0.268. The molecule has 1 saturated carbocycles. The number of fused-ring (bicyclic) bond motifs is 2. The average Bonchev–Trinajstić information content (AvgIpc) is 2.66. The third kappa shape index (κ3) is 2.30. The van der Waals surface area contributed by atoms with Crippen molar-refractivity contribution < 1.29 is 14.6 Å². The predicted octanol–water partition coefficient (Wildman–Crippen LogP) is 0.232. The van der Waals surface area contributed by atoms with Gasteiger partial charge in [-0.3, -0.25) is 0 Å². The number of ether oxygens (including phenoxy) is 1. The van der Waals surface area contributed by atoms with E-state index in [9.17, 15) is 9.90 Å². The zero-order chi connectivity index (χ0) is 11.9. The monoisotopic (exact) mass is 228 g/mol. The van der Waals surface area contributed by atoms with Crippen molar-refractivity contribution in [1.29, 1.82) is 0 Å². The Labute approximate surface area is 95.5 Å². The maximum atomic E-state index is 11.6. The normalized spacial score (nSPS) is 37.5. The SMILES string of the molecule is CC(C)(C)OC(=O)N[C@@H]1[C@H](O)[C@@H]2CN[C@@H]1C2. The lowest BCUT2D eigenvalue weighted by atomic mass is 10.0. The van der Waals surface area contributed by atoms with Gasteiger partial charge in [-0.25, -0.2) is 4.79 Å². The smallest absolute Gasteiger partial charge is 0.408 e. The number of piperidine rings is 1. The topological polar surface area (TPSA) is 70.6 Å². The van der Waals surface area contributed by atoms with Crippen LogP contribution < -0.4 is 10.6 Å². The van der Waals surface area contributed by atoms with E-state index in [1.54, 1.807) is 0 Å². The molecule has 0 aromatic carbocycles. The molecule has 2 rings (SSSR count). The van der Waals surface area contributed by atoms with Crippen LogP contribution >= 0.6 is 0 Å². The van der Waals surface area contributed by atoms with Gasteiger partial charge in [-0.2, -0.15) is 0 Å². The summed E-state index contributed by atoms with van der Waals surface area (Å²) >= 11 is 0. The maximum Gasteiger partial charge on any atom is 0.408 e. The first-order valence-corrected chi connectivity index (χ1v) is 5.78. The summed E-state index contributed by atoms with van der Waals surface area (Å²) < 4.78 is 5.17. The van der Waals surface area contributed by atoms with Crippen molar-refractivity contribution in [1.82, 2.24) is 10.6 Å². The van der Waals surface area contributed by atoms with E-state index in [0.717, 1.165) is 13.0 Å². The number of aliphatic hydroxyl groups excluding tert-OH is 1. The molecule has 3 N–H and O–H groups in total. The molecule has 92 valence electrons. The molecule has 2 bridgehead atoms. The van der Waals surface area contributed by atoms with Crippen LogP contribution in [0.2, 0.25) is 0 Å². The Morgan fingerprint density at radius 1 is 1.50 bits per heavy atom. The molecule has 16 heavy (non-hydrogen) atoms. The van der Waals surface area contributed by atoms with Crippen molar-refractivity contribution in [2.24, 2.45) is 5.92 Å². The van der Waals surface area contributed by atoms with Crippen LogP contribution in [0.25, 0.3) is 0 Å². The van der Waals surface area contributed by atoms with Crippen LogP contribution in [-0.4, -0.2) is 41.5 Å². The predicted molar refractivity (Wildman–Crippen MR) is 59.1 cm³/mol. The third-order valence-corrected chi connectivity index (χ3v) is 3.17. The summed E-state index contributed by atoms with van der Waals surface area (Å²) in [6.45, 7) is 6.31. The zero-order valence-electron chi connectivity index (χ0n) is 9.99. The molecule has 2 aliphatic rings. The molecular formula is C11H20N2O3. The molecule has 0 aromatic rings. The number of aliphatic hydroxyl groups is 1. The van der Waals surface area contributed by atoms with E-state index < -0.39 is 17.8 Å². The first-order valence-electron chi connectivity index (χ1n) is 5.78. The van der Waals surface area contributed by atoms with Crippen LogP contribution in [0.3, 0.4) is 0 Å². The molecule has 4 atom stereocenters. The largest absolute Gasteiger partial charge is 0.444 e.